The quantitative estimate of drug-likeness (QED) is 0.177. The van der Waals surface area contributed by atoms with Gasteiger partial charge in [0.2, 0.25) is 5.91 Å². The zero-order valence-corrected chi connectivity index (χ0v) is 27.8. The molecule has 2 amide bonds. The first-order chi connectivity index (χ1) is 20.0. The molecular weight excluding hydrogens is 551 g/mol. The van der Waals surface area contributed by atoms with E-state index in [9.17, 15) is 9.59 Å². The van der Waals surface area contributed by atoms with Crippen molar-refractivity contribution in [3.63, 3.8) is 0 Å². The first-order valence-corrected chi connectivity index (χ1v) is 15.0. The van der Waals surface area contributed by atoms with E-state index in [2.05, 4.69) is 22.2 Å². The van der Waals surface area contributed by atoms with Crippen molar-refractivity contribution < 1.29 is 33.1 Å². The molecule has 12 heteroatoms. The van der Waals surface area contributed by atoms with E-state index in [1.165, 1.54) is 7.11 Å². The number of amidine groups is 1. The number of amides is 2. The van der Waals surface area contributed by atoms with Crippen molar-refractivity contribution in [2.75, 3.05) is 33.9 Å². The fourth-order valence-corrected chi connectivity index (χ4v) is 5.57. The van der Waals surface area contributed by atoms with Gasteiger partial charge in [0.1, 0.15) is 11.4 Å². The number of hydrogen-bond donors (Lipinski definition) is 2. The van der Waals surface area contributed by atoms with Crippen molar-refractivity contribution >= 4 is 25.0 Å². The lowest BCUT2D eigenvalue weighted by Crippen LogP contribution is -2.63. The summed E-state index contributed by atoms with van der Waals surface area (Å²) in [4.78, 5) is 33.1. The minimum absolute atomic E-state index is 0.173. The number of nitrogens with zero attached hydrogens (tertiary/aromatic N) is 2. The number of aliphatic imine (C=N–C) groups is 1. The Morgan fingerprint density at radius 1 is 1.16 bits per heavy atom. The molecule has 0 bridgehead atoms. The van der Waals surface area contributed by atoms with Gasteiger partial charge in [0, 0.05) is 13.5 Å². The molecule has 3 aliphatic rings. The third-order valence-corrected chi connectivity index (χ3v) is 9.44. The van der Waals surface area contributed by atoms with Crippen LogP contribution in [-0.2, 0) is 28.3 Å². The highest BCUT2D eigenvalue weighted by atomic mass is 16.7. The van der Waals surface area contributed by atoms with E-state index in [1.54, 1.807) is 24.9 Å². The van der Waals surface area contributed by atoms with Crippen LogP contribution < -0.4 is 10.6 Å². The topological polar surface area (TPSA) is 120 Å². The number of likely N-dealkylation sites (tertiary alicyclic amines) is 1. The number of alkyl carbamates (subject to hydrolysis) is 1. The molecule has 0 aliphatic carbocycles. The lowest BCUT2D eigenvalue weighted by Gasteiger charge is -2.39. The largest absolute Gasteiger partial charge is 0.486 e. The number of methoxy groups -OCH3 is 1. The van der Waals surface area contributed by atoms with E-state index in [-0.39, 0.29) is 18.4 Å². The van der Waals surface area contributed by atoms with E-state index in [0.29, 0.717) is 25.5 Å². The molecular formula is C31H51BN4O7. The minimum atomic E-state index is -1.27. The number of hydrogen-bond acceptors (Lipinski definition) is 8. The van der Waals surface area contributed by atoms with E-state index in [1.807, 2.05) is 67.5 Å². The van der Waals surface area contributed by atoms with E-state index < -0.39 is 47.7 Å². The highest BCUT2D eigenvalue weighted by Crippen LogP contribution is 2.40. The Kier molecular flexibility index (Phi) is 10.6. The number of ether oxygens (including phenoxy) is 3. The van der Waals surface area contributed by atoms with Crippen LogP contribution in [-0.4, -0.2) is 98.3 Å². The van der Waals surface area contributed by atoms with Gasteiger partial charge in [0.05, 0.1) is 50.1 Å². The van der Waals surface area contributed by atoms with Gasteiger partial charge in [0.25, 0.3) is 0 Å². The zero-order chi connectivity index (χ0) is 32.4. The summed E-state index contributed by atoms with van der Waals surface area (Å²) >= 11 is 0. The fourth-order valence-electron chi connectivity index (χ4n) is 5.57. The number of allylic oxidation sites excluding steroid dienone is 3. The monoisotopic (exact) mass is 602 g/mol. The molecule has 3 heterocycles. The van der Waals surface area contributed by atoms with E-state index in [0.717, 1.165) is 11.1 Å². The molecule has 0 aromatic carbocycles. The Balaban J connectivity index is 2.08. The van der Waals surface area contributed by atoms with Gasteiger partial charge in [-0.2, -0.15) is 0 Å². The summed E-state index contributed by atoms with van der Waals surface area (Å²) in [7, 11) is 2.28. The van der Waals surface area contributed by atoms with Crippen LogP contribution >= 0.6 is 0 Å². The van der Waals surface area contributed by atoms with Crippen molar-refractivity contribution in [1.29, 1.82) is 0 Å². The van der Waals surface area contributed by atoms with Gasteiger partial charge in [-0.1, -0.05) is 44.2 Å². The van der Waals surface area contributed by atoms with Gasteiger partial charge in [-0.25, -0.2) is 4.79 Å². The summed E-state index contributed by atoms with van der Waals surface area (Å²) in [6.45, 7) is 22.5. The maximum atomic E-state index is 14.4. The van der Waals surface area contributed by atoms with Gasteiger partial charge in [-0.05, 0) is 60.0 Å². The summed E-state index contributed by atoms with van der Waals surface area (Å²) in [6, 6.07) is -0.561. The Labute approximate surface area is 257 Å². The van der Waals surface area contributed by atoms with Crippen LogP contribution in [0.1, 0.15) is 68.7 Å². The standard InChI is InChI=1S/C31H51BN4O7/c1-13-15-22(21(5)14-2)24(32-42-28(6,7)29(8,9)43-32)34-25(33-11)23-18-31(40-16-17-41-31)19-36(23)26(37)30(10,20(3)4)35-27(38)39-12/h13-15,20,23-24H,1,16-19H2,2-12H3,(H,33,34)(H,35,38)/b21-14+,22-15-/t23-,24?,30+/m0/s1. The van der Waals surface area contributed by atoms with Crippen molar-refractivity contribution in [3.05, 3.63) is 36.0 Å². The summed E-state index contributed by atoms with van der Waals surface area (Å²) < 4.78 is 30.1. The number of rotatable bonds is 9. The van der Waals surface area contributed by atoms with Gasteiger partial charge in [-0.15, -0.1) is 0 Å². The maximum Gasteiger partial charge on any atom is 0.486 e. The van der Waals surface area contributed by atoms with Crippen LogP contribution in [0.3, 0.4) is 0 Å². The van der Waals surface area contributed by atoms with Crippen LogP contribution in [0.4, 0.5) is 4.79 Å². The molecule has 3 rings (SSSR count). The van der Waals surface area contributed by atoms with E-state index in [4.69, 9.17) is 23.5 Å². The second-order valence-corrected chi connectivity index (χ2v) is 12.9. The van der Waals surface area contributed by atoms with Crippen LogP contribution in [0.5, 0.6) is 0 Å². The predicted octanol–water partition coefficient (Wildman–Crippen LogP) is 3.80. The van der Waals surface area contributed by atoms with Crippen LogP contribution in [0.25, 0.3) is 0 Å². The van der Waals surface area contributed by atoms with Crippen LogP contribution in [0.15, 0.2) is 40.9 Å². The molecule has 0 radical (unpaired) electrons. The summed E-state index contributed by atoms with van der Waals surface area (Å²) in [5.41, 5.74) is -0.498. The predicted molar refractivity (Wildman–Crippen MR) is 168 cm³/mol. The SMILES string of the molecule is C=C/C=C(/C(C)=C/C)C(NC(=NC)[C@@H]1CC2(CN1C(=O)[C@](C)(NC(=O)OC)C(C)C)OCCO2)B1OC(C)(C)C(C)(C)O1. The summed E-state index contributed by atoms with van der Waals surface area (Å²) in [5, 5.41) is 6.39. The molecule has 3 fully saturated rings. The molecule has 0 aromatic rings. The lowest BCUT2D eigenvalue weighted by molar-refractivity contribution is -0.155. The van der Waals surface area contributed by atoms with Crippen molar-refractivity contribution in [1.82, 2.24) is 15.5 Å². The smallest absolute Gasteiger partial charge is 0.453 e. The highest BCUT2D eigenvalue weighted by Gasteiger charge is 2.58. The molecule has 2 N–H and O–H groups in total. The normalized spacial score (nSPS) is 25.6. The minimum Gasteiger partial charge on any atom is -0.453 e. The molecule has 11 nitrogen and oxygen atoms in total. The van der Waals surface area contributed by atoms with Gasteiger partial charge >= 0.3 is 13.2 Å². The summed E-state index contributed by atoms with van der Waals surface area (Å²) in [5.74, 6) is -1.51. The fraction of sp³-hybridized carbons (Fsp3) is 0.710. The van der Waals surface area contributed by atoms with E-state index >= 15 is 0 Å². The average Bonchev–Trinajstić information content (AvgIpc) is 3.62. The number of nitrogens with one attached hydrogen (secondary N) is 2. The molecule has 1 spiro atoms. The molecule has 240 valence electrons. The maximum absolute atomic E-state index is 14.4. The molecule has 0 saturated carbocycles. The zero-order valence-electron chi connectivity index (χ0n) is 27.8. The highest BCUT2D eigenvalue weighted by molar-refractivity contribution is 6.49. The second kappa shape index (κ2) is 13.1. The molecule has 3 aliphatic heterocycles. The number of carbonyl (C=O) groups excluding carboxylic acids is 2. The Morgan fingerprint density at radius 2 is 1.74 bits per heavy atom. The second-order valence-electron chi connectivity index (χ2n) is 12.9. The Bertz CT molecular complexity index is 1140. The molecule has 3 atom stereocenters. The molecule has 3 saturated heterocycles. The Hall–Kier alpha value is -2.67. The third kappa shape index (κ3) is 6.87. The van der Waals surface area contributed by atoms with Crippen molar-refractivity contribution in [2.45, 2.75) is 103 Å². The molecule has 1 unspecified atom stereocenters. The van der Waals surface area contributed by atoms with Gasteiger partial charge < -0.3 is 39.1 Å². The first kappa shape index (κ1) is 34.8. The van der Waals surface area contributed by atoms with Crippen molar-refractivity contribution in [3.8, 4) is 0 Å². The lowest BCUT2D eigenvalue weighted by atomic mass is 9.71. The van der Waals surface area contributed by atoms with Crippen LogP contribution in [0.2, 0.25) is 0 Å². The number of carbonyl (C=O) groups is 2. The van der Waals surface area contributed by atoms with Crippen molar-refractivity contribution in [2.24, 2.45) is 10.9 Å². The van der Waals surface area contributed by atoms with Crippen LogP contribution in [0, 0.1) is 5.92 Å². The molecule has 43 heavy (non-hydrogen) atoms. The van der Waals surface area contributed by atoms with Gasteiger partial charge in [0.15, 0.2) is 5.79 Å². The average molecular weight is 603 g/mol. The molecule has 0 aromatic heterocycles. The Morgan fingerprint density at radius 3 is 2.21 bits per heavy atom. The van der Waals surface area contributed by atoms with Gasteiger partial charge in [-0.3, -0.25) is 9.79 Å². The first-order valence-electron chi connectivity index (χ1n) is 15.0. The third-order valence-electron chi connectivity index (χ3n) is 9.44. The summed E-state index contributed by atoms with van der Waals surface area (Å²) in [6.07, 6.45) is 5.35.